The Bertz CT molecular complexity index is 1050. The fraction of sp³-hybridized carbons (Fsp3) is 0.655. The van der Waals surface area contributed by atoms with Gasteiger partial charge < -0.3 is 10.2 Å². The molecule has 1 aromatic heterocycles. The van der Waals surface area contributed by atoms with Crippen molar-refractivity contribution < 1.29 is 4.79 Å². The van der Waals surface area contributed by atoms with Crippen molar-refractivity contribution in [1.82, 2.24) is 20.0 Å². The number of carbonyl (C=O) groups excluding carboxylic acids is 1. The van der Waals surface area contributed by atoms with Crippen LogP contribution in [-0.4, -0.2) is 52.8 Å². The van der Waals surface area contributed by atoms with Gasteiger partial charge in [-0.25, -0.2) is 0 Å². The van der Waals surface area contributed by atoms with Gasteiger partial charge in [0.2, 0.25) is 5.91 Å². The van der Waals surface area contributed by atoms with E-state index in [-0.39, 0.29) is 5.91 Å². The fourth-order valence-corrected chi connectivity index (χ4v) is 6.67. The summed E-state index contributed by atoms with van der Waals surface area (Å²) in [7, 11) is 0. The first-order valence-corrected chi connectivity index (χ1v) is 14.4. The Morgan fingerprint density at radius 2 is 1.83 bits per heavy atom. The lowest BCUT2D eigenvalue weighted by atomic mass is 9.92. The molecular weight excluding hydrogens is 470 g/mol. The number of aryl methyl sites for hydroxylation is 1. The first kappa shape index (κ1) is 25.6. The van der Waals surface area contributed by atoms with Crippen LogP contribution < -0.4 is 10.2 Å². The molecule has 3 heterocycles. The summed E-state index contributed by atoms with van der Waals surface area (Å²) in [4.78, 5) is 16.4. The summed E-state index contributed by atoms with van der Waals surface area (Å²) in [6.07, 6.45) is 10.7. The van der Waals surface area contributed by atoms with Crippen molar-refractivity contribution in [3.05, 3.63) is 45.7 Å². The second kappa shape index (κ2) is 11.6. The number of anilines is 1. The van der Waals surface area contributed by atoms with E-state index >= 15 is 0 Å². The van der Waals surface area contributed by atoms with Crippen LogP contribution >= 0.6 is 11.6 Å². The van der Waals surface area contributed by atoms with Crippen molar-refractivity contribution in [2.75, 3.05) is 31.1 Å². The quantitative estimate of drug-likeness (QED) is 0.559. The van der Waals surface area contributed by atoms with E-state index in [0.717, 1.165) is 63.1 Å². The molecule has 3 aliphatic rings. The fourth-order valence-electron chi connectivity index (χ4n) is 6.50. The largest absolute Gasteiger partial charge is 0.371 e. The standard InChI is InChI=1S/C29H42ClN5O/c1-21-26(30)7-5-9-28(21)34-17-10-23(11-18-34)12-19-35-29-8-4-3-6-25(29)27(32-35)20-33-15-13-24(14-16-33)31-22(2)36/h5,7,9,23-24H,3-4,6,8,10-20H2,1-2H3,(H,31,36). The molecule has 1 N–H and O–H groups in total. The highest BCUT2D eigenvalue weighted by atomic mass is 35.5. The number of hydrogen-bond donors (Lipinski definition) is 1. The van der Waals surface area contributed by atoms with E-state index in [2.05, 4.69) is 38.9 Å². The first-order chi connectivity index (χ1) is 17.5. The maximum absolute atomic E-state index is 11.4. The molecule has 1 amide bonds. The Labute approximate surface area is 221 Å². The number of amides is 1. The highest BCUT2D eigenvalue weighted by molar-refractivity contribution is 6.31. The van der Waals surface area contributed by atoms with Gasteiger partial charge in [0.15, 0.2) is 0 Å². The van der Waals surface area contributed by atoms with Gasteiger partial charge in [0.25, 0.3) is 0 Å². The van der Waals surface area contributed by atoms with Crippen LogP contribution in [0.2, 0.25) is 5.02 Å². The minimum atomic E-state index is 0.0894. The predicted octanol–water partition coefficient (Wildman–Crippen LogP) is 5.13. The van der Waals surface area contributed by atoms with Gasteiger partial charge in [-0.15, -0.1) is 0 Å². The maximum Gasteiger partial charge on any atom is 0.217 e. The van der Waals surface area contributed by atoms with Gasteiger partial charge in [0.1, 0.15) is 0 Å². The molecule has 1 aromatic carbocycles. The van der Waals surface area contributed by atoms with E-state index in [4.69, 9.17) is 16.7 Å². The zero-order valence-corrected chi connectivity index (χ0v) is 22.8. The Morgan fingerprint density at radius 1 is 1.08 bits per heavy atom. The van der Waals surface area contributed by atoms with Gasteiger partial charge in [0, 0.05) is 68.6 Å². The van der Waals surface area contributed by atoms with Gasteiger partial charge in [-0.1, -0.05) is 17.7 Å². The van der Waals surface area contributed by atoms with Crippen LogP contribution in [0, 0.1) is 12.8 Å². The molecular formula is C29H42ClN5O. The number of benzene rings is 1. The van der Waals surface area contributed by atoms with E-state index < -0.39 is 0 Å². The Hall–Kier alpha value is -2.05. The van der Waals surface area contributed by atoms with Crippen molar-refractivity contribution in [2.45, 2.75) is 90.8 Å². The van der Waals surface area contributed by atoms with E-state index in [1.165, 1.54) is 73.1 Å². The Morgan fingerprint density at radius 3 is 2.58 bits per heavy atom. The SMILES string of the molecule is CC(=O)NC1CCN(Cc2nn(CCC3CCN(c4cccc(Cl)c4C)CC3)c3c2CCCC3)CC1. The molecule has 2 saturated heterocycles. The molecule has 0 spiro atoms. The highest BCUT2D eigenvalue weighted by Gasteiger charge is 2.26. The Kier molecular flexibility index (Phi) is 8.22. The molecule has 5 rings (SSSR count). The molecule has 196 valence electrons. The summed E-state index contributed by atoms with van der Waals surface area (Å²) < 4.78 is 2.38. The second-order valence-electron chi connectivity index (χ2n) is 11.2. The normalized spacial score (nSPS) is 19.9. The van der Waals surface area contributed by atoms with E-state index in [1.807, 2.05) is 6.07 Å². The molecule has 2 fully saturated rings. The van der Waals surface area contributed by atoms with Crippen molar-refractivity contribution in [3.8, 4) is 0 Å². The van der Waals surface area contributed by atoms with Crippen LogP contribution in [0.1, 0.15) is 74.4 Å². The van der Waals surface area contributed by atoms with Gasteiger partial charge in [-0.2, -0.15) is 5.10 Å². The molecule has 6 nitrogen and oxygen atoms in total. The zero-order valence-electron chi connectivity index (χ0n) is 22.1. The molecule has 0 unspecified atom stereocenters. The van der Waals surface area contributed by atoms with Gasteiger partial charge in [0.05, 0.1) is 5.69 Å². The van der Waals surface area contributed by atoms with Crippen molar-refractivity contribution in [1.29, 1.82) is 0 Å². The molecule has 0 saturated carbocycles. The molecule has 2 aromatic rings. The summed E-state index contributed by atoms with van der Waals surface area (Å²) in [5, 5.41) is 9.16. The van der Waals surface area contributed by atoms with Crippen molar-refractivity contribution >= 4 is 23.2 Å². The maximum atomic E-state index is 11.4. The van der Waals surface area contributed by atoms with Gasteiger partial charge in [-0.05, 0) is 93.9 Å². The van der Waals surface area contributed by atoms with E-state index in [0.29, 0.717) is 6.04 Å². The van der Waals surface area contributed by atoms with Gasteiger partial charge >= 0.3 is 0 Å². The van der Waals surface area contributed by atoms with Crippen molar-refractivity contribution in [3.63, 3.8) is 0 Å². The van der Waals surface area contributed by atoms with Crippen LogP contribution in [0.4, 0.5) is 5.69 Å². The van der Waals surface area contributed by atoms with E-state index in [1.54, 1.807) is 6.92 Å². The number of likely N-dealkylation sites (tertiary alicyclic amines) is 1. The number of fused-ring (bicyclic) bond motifs is 1. The highest BCUT2D eigenvalue weighted by Crippen LogP contribution is 2.32. The molecule has 0 atom stereocenters. The third-order valence-corrected chi connectivity index (χ3v) is 9.06. The summed E-state index contributed by atoms with van der Waals surface area (Å²) in [6.45, 7) is 10.1. The minimum absolute atomic E-state index is 0.0894. The van der Waals surface area contributed by atoms with Crippen LogP contribution in [0.3, 0.4) is 0 Å². The Balaban J connectivity index is 1.16. The average Bonchev–Trinajstić information content (AvgIpc) is 3.23. The summed E-state index contributed by atoms with van der Waals surface area (Å²) in [5.41, 5.74) is 6.86. The number of carbonyl (C=O) groups is 1. The molecule has 0 radical (unpaired) electrons. The lowest BCUT2D eigenvalue weighted by molar-refractivity contribution is -0.119. The van der Waals surface area contributed by atoms with Crippen LogP contribution in [0.5, 0.6) is 0 Å². The first-order valence-electron chi connectivity index (χ1n) is 14.0. The van der Waals surface area contributed by atoms with Gasteiger partial charge in [-0.3, -0.25) is 14.4 Å². The molecule has 7 heteroatoms. The molecule has 0 bridgehead atoms. The van der Waals surface area contributed by atoms with E-state index in [9.17, 15) is 4.79 Å². The smallest absolute Gasteiger partial charge is 0.217 e. The third-order valence-electron chi connectivity index (χ3n) is 8.65. The average molecular weight is 512 g/mol. The zero-order chi connectivity index (χ0) is 25.1. The molecule has 36 heavy (non-hydrogen) atoms. The number of nitrogens with one attached hydrogen (secondary N) is 1. The predicted molar refractivity (Wildman–Crippen MR) is 147 cm³/mol. The lowest BCUT2D eigenvalue weighted by Crippen LogP contribution is -2.43. The number of nitrogens with zero attached hydrogens (tertiary/aromatic N) is 4. The third kappa shape index (κ3) is 5.91. The number of halogens is 1. The lowest BCUT2D eigenvalue weighted by Gasteiger charge is -2.34. The summed E-state index contributed by atoms with van der Waals surface area (Å²) in [6, 6.07) is 6.60. The number of piperidine rings is 2. The summed E-state index contributed by atoms with van der Waals surface area (Å²) >= 11 is 6.37. The topological polar surface area (TPSA) is 53.4 Å². The number of rotatable bonds is 7. The van der Waals surface area contributed by atoms with Crippen LogP contribution in [0.15, 0.2) is 18.2 Å². The van der Waals surface area contributed by atoms with Crippen LogP contribution in [0.25, 0.3) is 0 Å². The second-order valence-corrected chi connectivity index (χ2v) is 11.6. The monoisotopic (exact) mass is 511 g/mol. The molecule has 1 aliphatic carbocycles. The number of hydrogen-bond acceptors (Lipinski definition) is 4. The van der Waals surface area contributed by atoms with Crippen molar-refractivity contribution in [2.24, 2.45) is 5.92 Å². The number of aromatic nitrogens is 2. The molecule has 2 aliphatic heterocycles. The summed E-state index contributed by atoms with van der Waals surface area (Å²) in [5.74, 6) is 0.854. The van der Waals surface area contributed by atoms with Crippen LogP contribution in [-0.2, 0) is 30.7 Å². The minimum Gasteiger partial charge on any atom is -0.371 e.